The first kappa shape index (κ1) is 35.0. The monoisotopic (exact) mass is 590 g/mol. The number of hydrogen-bond donors (Lipinski definition) is 0. The molecule has 37 heavy (non-hydrogen) atoms. The van der Waals surface area contributed by atoms with Crippen molar-refractivity contribution in [1.29, 1.82) is 0 Å². The van der Waals surface area contributed by atoms with Gasteiger partial charge in [0.2, 0.25) is 0 Å². The van der Waals surface area contributed by atoms with Gasteiger partial charge in [-0.2, -0.15) is 74.6 Å². The van der Waals surface area contributed by atoms with Gasteiger partial charge in [-0.25, -0.2) is 4.79 Å². The first-order valence-electron chi connectivity index (χ1n) is 9.13. The van der Waals surface area contributed by atoms with Crippen LogP contribution in [-0.2, 0) is 14.3 Å². The van der Waals surface area contributed by atoms with E-state index in [0.29, 0.717) is 0 Å². The van der Waals surface area contributed by atoms with E-state index in [0.717, 1.165) is 13.8 Å². The van der Waals surface area contributed by atoms with Gasteiger partial charge in [0.1, 0.15) is 6.61 Å². The third kappa shape index (κ3) is 5.86. The molecule has 0 saturated heterocycles. The van der Waals surface area contributed by atoms with Gasteiger partial charge in [0.25, 0.3) is 0 Å². The van der Waals surface area contributed by atoms with Crippen molar-refractivity contribution in [2.75, 3.05) is 13.2 Å². The van der Waals surface area contributed by atoms with E-state index in [1.165, 1.54) is 0 Å². The maximum atomic E-state index is 13.7. The molecule has 3 nitrogen and oxygen atoms in total. The Hall–Kier alpha value is -2.02. The summed E-state index contributed by atoms with van der Waals surface area (Å²) in [4.78, 5) is 11.1. The Balaban J connectivity index is 5.98. The Morgan fingerprint density at radius 2 is 1.03 bits per heavy atom. The lowest BCUT2D eigenvalue weighted by atomic mass is 9.88. The van der Waals surface area contributed by atoms with Crippen molar-refractivity contribution in [3.8, 4) is 0 Å². The first-order valence-corrected chi connectivity index (χ1v) is 9.13. The second-order valence-electron chi connectivity index (χ2n) is 7.46. The summed E-state index contributed by atoms with van der Waals surface area (Å²) in [5, 5.41) is 0. The molecule has 0 saturated carbocycles. The van der Waals surface area contributed by atoms with Crippen LogP contribution in [0.15, 0.2) is 12.2 Å². The highest BCUT2D eigenvalue weighted by Gasteiger charge is 2.95. The van der Waals surface area contributed by atoms with E-state index in [4.69, 9.17) is 0 Å². The van der Waals surface area contributed by atoms with Crippen LogP contribution in [0.1, 0.15) is 20.3 Å². The molecule has 0 aromatic rings. The molecule has 0 aliphatic rings. The summed E-state index contributed by atoms with van der Waals surface area (Å²) < 4.78 is 232. The van der Waals surface area contributed by atoms with Crippen molar-refractivity contribution in [2.24, 2.45) is 0 Å². The molecule has 1 atom stereocenters. The van der Waals surface area contributed by atoms with Crippen molar-refractivity contribution in [3.05, 3.63) is 12.2 Å². The smallest absolute Gasteiger partial charge is 0.460 e. The van der Waals surface area contributed by atoms with Gasteiger partial charge in [-0.05, 0) is 13.8 Å². The number of alkyl halides is 17. The number of halogens is 17. The minimum atomic E-state index is -8.67. The zero-order chi connectivity index (χ0) is 30.3. The number of esters is 1. The van der Waals surface area contributed by atoms with Gasteiger partial charge in [-0.15, -0.1) is 0 Å². The van der Waals surface area contributed by atoms with Crippen molar-refractivity contribution in [1.82, 2.24) is 0 Å². The van der Waals surface area contributed by atoms with Gasteiger partial charge in [0, 0.05) is 12.0 Å². The summed E-state index contributed by atoms with van der Waals surface area (Å²) >= 11 is 0. The van der Waals surface area contributed by atoms with Crippen molar-refractivity contribution < 1.29 is 88.9 Å². The summed E-state index contributed by atoms with van der Waals surface area (Å²) in [7, 11) is 0. The quantitative estimate of drug-likeness (QED) is 0.133. The van der Waals surface area contributed by atoms with E-state index in [9.17, 15) is 79.4 Å². The average Bonchev–Trinajstić information content (AvgIpc) is 2.69. The van der Waals surface area contributed by atoms with Crippen molar-refractivity contribution >= 4 is 5.97 Å². The Labute approximate surface area is 195 Å². The van der Waals surface area contributed by atoms with Crippen LogP contribution in [0.25, 0.3) is 0 Å². The summed E-state index contributed by atoms with van der Waals surface area (Å²) in [5.74, 6) is -57.7. The van der Waals surface area contributed by atoms with E-state index in [-0.39, 0.29) is 5.57 Å². The predicted octanol–water partition coefficient (Wildman–Crippen LogP) is 6.91. The fourth-order valence-electron chi connectivity index (χ4n) is 2.11. The van der Waals surface area contributed by atoms with E-state index in [1.807, 2.05) is 0 Å². The van der Waals surface area contributed by atoms with Crippen LogP contribution in [0.3, 0.4) is 0 Å². The van der Waals surface area contributed by atoms with Crippen molar-refractivity contribution in [2.45, 2.75) is 74.0 Å². The predicted molar refractivity (Wildman–Crippen MR) is 86.5 cm³/mol. The normalized spacial score (nSPS) is 16.0. The largest absolute Gasteiger partial charge is 0.460 e. The lowest BCUT2D eigenvalue weighted by Gasteiger charge is -2.42. The third-order valence-electron chi connectivity index (χ3n) is 4.40. The Morgan fingerprint density at radius 3 is 1.38 bits per heavy atom. The van der Waals surface area contributed by atoms with Crippen LogP contribution in [0.5, 0.6) is 0 Å². The van der Waals surface area contributed by atoms with Crippen LogP contribution in [0.4, 0.5) is 74.6 Å². The summed E-state index contributed by atoms with van der Waals surface area (Å²) in [6, 6.07) is 0. The van der Waals surface area contributed by atoms with Gasteiger partial charge in [-0.1, -0.05) is 6.58 Å². The van der Waals surface area contributed by atoms with Crippen LogP contribution in [-0.4, -0.2) is 72.9 Å². The number of ether oxygens (including phenoxy) is 2. The van der Waals surface area contributed by atoms with E-state index in [2.05, 4.69) is 16.1 Å². The fourth-order valence-corrected chi connectivity index (χ4v) is 2.11. The van der Waals surface area contributed by atoms with Gasteiger partial charge >= 0.3 is 53.6 Å². The number of rotatable bonds is 13. The highest BCUT2D eigenvalue weighted by molar-refractivity contribution is 5.86. The molecule has 0 radical (unpaired) electrons. The molecular formula is C17H15F17O3. The Kier molecular flexibility index (Phi) is 9.71. The van der Waals surface area contributed by atoms with Crippen LogP contribution < -0.4 is 0 Å². The second-order valence-corrected chi connectivity index (χ2v) is 7.46. The molecule has 0 bridgehead atoms. The highest BCUT2D eigenvalue weighted by Crippen LogP contribution is 2.64. The molecule has 0 spiro atoms. The molecule has 1 unspecified atom stereocenters. The number of carbonyl (C=O) groups is 1. The third-order valence-corrected chi connectivity index (χ3v) is 4.40. The Bertz CT molecular complexity index is 831. The SMILES string of the molecule is C=C(C)C(=O)OCC(C)OCCC(F)(F)C(F)(F)C(F)(F)C(F)(F)C(F)(F)C(F)(F)C(F)(F)C(F)(F)F. The van der Waals surface area contributed by atoms with Gasteiger partial charge in [0.05, 0.1) is 12.7 Å². The van der Waals surface area contributed by atoms with Gasteiger partial charge in [0.15, 0.2) is 0 Å². The Morgan fingerprint density at radius 1 is 0.676 bits per heavy atom. The van der Waals surface area contributed by atoms with Crippen LogP contribution >= 0.6 is 0 Å². The van der Waals surface area contributed by atoms with E-state index >= 15 is 0 Å². The first-order chi connectivity index (χ1) is 16.0. The molecular weight excluding hydrogens is 575 g/mol. The molecule has 0 rings (SSSR count). The van der Waals surface area contributed by atoms with E-state index < -0.39 is 79.3 Å². The highest BCUT2D eigenvalue weighted by atomic mass is 19.4. The molecule has 0 aromatic carbocycles. The molecule has 220 valence electrons. The van der Waals surface area contributed by atoms with Crippen molar-refractivity contribution in [3.63, 3.8) is 0 Å². The topological polar surface area (TPSA) is 35.5 Å². The van der Waals surface area contributed by atoms with Crippen LogP contribution in [0, 0.1) is 0 Å². The standard InChI is InChI=1S/C17H15F17O3/c1-7(2)9(35)37-6-8(3)36-5-4-10(18,19)11(20,21)12(22,23)13(24,25)14(26,27)15(28,29)16(30,31)17(32,33)34/h8H,1,4-6H2,2-3H3. The fraction of sp³-hybridized carbons (Fsp3) is 0.824. The number of hydrogen-bond acceptors (Lipinski definition) is 3. The van der Waals surface area contributed by atoms with Crippen LogP contribution in [0.2, 0.25) is 0 Å². The van der Waals surface area contributed by atoms with Gasteiger partial charge in [-0.3, -0.25) is 0 Å². The molecule has 20 heteroatoms. The molecule has 0 aromatic heterocycles. The minimum Gasteiger partial charge on any atom is -0.460 e. The molecule has 0 heterocycles. The second kappa shape index (κ2) is 10.3. The molecule has 0 aliphatic heterocycles. The van der Waals surface area contributed by atoms with E-state index in [1.54, 1.807) is 0 Å². The summed E-state index contributed by atoms with van der Waals surface area (Å²) in [6.45, 7) is 2.61. The molecule has 0 amide bonds. The maximum absolute atomic E-state index is 13.7. The summed E-state index contributed by atoms with van der Waals surface area (Å²) in [6.07, 6.45) is -12.0. The zero-order valence-corrected chi connectivity index (χ0v) is 18.1. The zero-order valence-electron chi connectivity index (χ0n) is 18.1. The minimum absolute atomic E-state index is 0.183. The summed E-state index contributed by atoms with van der Waals surface area (Å²) in [5.41, 5.74) is -0.183. The molecule has 0 fully saturated rings. The maximum Gasteiger partial charge on any atom is 0.460 e. The lowest BCUT2D eigenvalue weighted by molar-refractivity contribution is -0.462. The molecule has 0 N–H and O–H groups in total. The lowest BCUT2D eigenvalue weighted by Crippen LogP contribution is -2.74. The van der Waals surface area contributed by atoms with Gasteiger partial charge < -0.3 is 9.47 Å². The average molecular weight is 590 g/mol. The number of carbonyl (C=O) groups excluding carboxylic acids is 1. The molecule has 0 aliphatic carbocycles.